The van der Waals surface area contributed by atoms with Crippen molar-refractivity contribution in [2.24, 2.45) is 0 Å². The molecule has 0 aliphatic carbocycles. The molecule has 0 fully saturated rings. The minimum absolute atomic E-state index is 0.0628. The number of carbonyl (C=O) groups excluding carboxylic acids is 1. The molecule has 0 aromatic heterocycles. The van der Waals surface area contributed by atoms with Crippen LogP contribution in [-0.4, -0.2) is 27.4 Å². The number of amides is 1. The number of benzene rings is 1. The molecule has 4 N–H and O–H groups in total. The highest BCUT2D eigenvalue weighted by Gasteiger charge is 2.15. The summed E-state index contributed by atoms with van der Waals surface area (Å²) in [6.07, 6.45) is 1.71. The van der Waals surface area contributed by atoms with E-state index in [1.165, 1.54) is 12.1 Å². The Morgan fingerprint density at radius 2 is 1.95 bits per heavy atom. The van der Waals surface area contributed by atoms with Gasteiger partial charge in [0.05, 0.1) is 4.90 Å². The van der Waals surface area contributed by atoms with E-state index in [0.717, 1.165) is 18.4 Å². The van der Waals surface area contributed by atoms with Crippen molar-refractivity contribution in [2.75, 3.05) is 18.8 Å². The molecule has 0 bridgehead atoms. The van der Waals surface area contributed by atoms with Crippen LogP contribution in [0.3, 0.4) is 0 Å². The number of nitrogens with one attached hydrogen (secondary N) is 2. The molecule has 0 aliphatic heterocycles. The zero-order valence-electron chi connectivity index (χ0n) is 12.5. The van der Waals surface area contributed by atoms with Crippen LogP contribution in [0, 0.1) is 0 Å². The molecule has 0 atom stereocenters. The maximum atomic E-state index is 12.1. The minimum Gasteiger partial charge on any atom is -0.398 e. The summed E-state index contributed by atoms with van der Waals surface area (Å²) in [4.78, 5) is 11.5. The Bertz CT molecular complexity index is 585. The van der Waals surface area contributed by atoms with E-state index in [0.29, 0.717) is 12.2 Å². The molecular formula is C14H23N3O3S. The van der Waals surface area contributed by atoms with Gasteiger partial charge in [-0.15, -0.1) is 0 Å². The van der Waals surface area contributed by atoms with Crippen LogP contribution >= 0.6 is 0 Å². The number of nitrogens with two attached hydrogens (primary N) is 1. The van der Waals surface area contributed by atoms with Gasteiger partial charge in [-0.2, -0.15) is 0 Å². The van der Waals surface area contributed by atoms with Crippen LogP contribution in [-0.2, 0) is 21.2 Å². The summed E-state index contributed by atoms with van der Waals surface area (Å²) in [5, 5.41) is 2.69. The Labute approximate surface area is 126 Å². The first-order valence-corrected chi connectivity index (χ1v) is 8.53. The fourth-order valence-electron chi connectivity index (χ4n) is 1.80. The van der Waals surface area contributed by atoms with E-state index in [1.54, 1.807) is 6.07 Å². The number of anilines is 1. The third kappa shape index (κ3) is 5.35. The van der Waals surface area contributed by atoms with Crippen molar-refractivity contribution in [3.63, 3.8) is 0 Å². The fourth-order valence-corrected chi connectivity index (χ4v) is 2.86. The highest BCUT2D eigenvalue weighted by atomic mass is 32.2. The van der Waals surface area contributed by atoms with Gasteiger partial charge in [-0.3, -0.25) is 4.79 Å². The van der Waals surface area contributed by atoms with Crippen LogP contribution in [0.4, 0.5) is 5.69 Å². The molecule has 0 unspecified atom stereocenters. The van der Waals surface area contributed by atoms with Crippen molar-refractivity contribution in [1.82, 2.24) is 10.0 Å². The molecule has 118 valence electrons. The second-order valence-corrected chi connectivity index (χ2v) is 6.48. The summed E-state index contributed by atoms with van der Waals surface area (Å²) in [5.74, 6) is -0.166. The van der Waals surface area contributed by atoms with Crippen LogP contribution in [0.5, 0.6) is 0 Å². The second kappa shape index (κ2) is 7.99. The van der Waals surface area contributed by atoms with Crippen molar-refractivity contribution in [3.8, 4) is 0 Å². The molecule has 0 heterocycles. The Hall–Kier alpha value is -1.60. The van der Waals surface area contributed by atoms with Gasteiger partial charge in [-0.05, 0) is 30.5 Å². The third-order valence-electron chi connectivity index (χ3n) is 3.02. The molecule has 1 aromatic carbocycles. The van der Waals surface area contributed by atoms with Gasteiger partial charge in [-0.25, -0.2) is 13.1 Å². The molecule has 0 aliphatic rings. The maximum Gasteiger partial charge on any atom is 0.240 e. The van der Waals surface area contributed by atoms with Gasteiger partial charge in [0.2, 0.25) is 15.9 Å². The first-order valence-electron chi connectivity index (χ1n) is 7.05. The van der Waals surface area contributed by atoms with Gasteiger partial charge in [-0.1, -0.05) is 19.9 Å². The third-order valence-corrected chi connectivity index (χ3v) is 4.48. The van der Waals surface area contributed by atoms with E-state index in [1.807, 2.05) is 13.8 Å². The Morgan fingerprint density at radius 1 is 1.24 bits per heavy atom. The van der Waals surface area contributed by atoms with Crippen molar-refractivity contribution in [3.05, 3.63) is 23.8 Å². The second-order valence-electron chi connectivity index (χ2n) is 4.71. The van der Waals surface area contributed by atoms with Crippen molar-refractivity contribution < 1.29 is 13.2 Å². The zero-order chi connectivity index (χ0) is 15.9. The molecule has 7 heteroatoms. The van der Waals surface area contributed by atoms with Crippen LogP contribution in [0.1, 0.15) is 32.3 Å². The van der Waals surface area contributed by atoms with Crippen LogP contribution in [0.25, 0.3) is 0 Å². The maximum absolute atomic E-state index is 12.1. The predicted molar refractivity (Wildman–Crippen MR) is 83.3 cm³/mol. The topological polar surface area (TPSA) is 101 Å². The number of aryl methyl sites for hydroxylation is 1. The number of rotatable bonds is 8. The molecular weight excluding hydrogens is 290 g/mol. The van der Waals surface area contributed by atoms with E-state index in [9.17, 15) is 13.2 Å². The molecule has 0 radical (unpaired) electrons. The Kier molecular flexibility index (Phi) is 6.64. The van der Waals surface area contributed by atoms with E-state index >= 15 is 0 Å². The number of nitrogen functional groups attached to an aromatic ring is 1. The monoisotopic (exact) mass is 313 g/mol. The van der Waals surface area contributed by atoms with E-state index in [4.69, 9.17) is 5.73 Å². The van der Waals surface area contributed by atoms with Gasteiger partial charge in [0.15, 0.2) is 0 Å². The van der Waals surface area contributed by atoms with Crippen molar-refractivity contribution in [2.45, 2.75) is 38.0 Å². The Balaban J connectivity index is 2.61. The van der Waals surface area contributed by atoms with Crippen LogP contribution in [0.15, 0.2) is 23.1 Å². The summed E-state index contributed by atoms with van der Waals surface area (Å²) >= 11 is 0. The Morgan fingerprint density at radius 3 is 2.52 bits per heavy atom. The molecule has 1 amide bonds. The lowest BCUT2D eigenvalue weighted by atomic mass is 10.1. The van der Waals surface area contributed by atoms with Gasteiger partial charge in [0, 0.05) is 25.2 Å². The van der Waals surface area contributed by atoms with Crippen molar-refractivity contribution >= 4 is 21.6 Å². The molecule has 0 saturated carbocycles. The lowest BCUT2D eigenvalue weighted by Gasteiger charge is -2.09. The quantitative estimate of drug-likeness (QED) is 0.624. The SMILES string of the molecule is CCCNC(=O)CCNS(=O)(=O)c1ccc(CC)c(N)c1. The predicted octanol–water partition coefficient (Wildman–Crippen LogP) is 1.03. The lowest BCUT2D eigenvalue weighted by Crippen LogP contribution is -2.31. The minimum atomic E-state index is -3.63. The number of hydrogen-bond acceptors (Lipinski definition) is 4. The summed E-state index contributed by atoms with van der Waals surface area (Å²) in [6.45, 7) is 4.56. The average Bonchev–Trinajstić information content (AvgIpc) is 2.44. The first kappa shape index (κ1) is 17.5. The molecule has 1 aromatic rings. The number of sulfonamides is 1. The van der Waals surface area contributed by atoms with E-state index in [-0.39, 0.29) is 23.8 Å². The largest absolute Gasteiger partial charge is 0.398 e. The van der Waals surface area contributed by atoms with Gasteiger partial charge < -0.3 is 11.1 Å². The highest BCUT2D eigenvalue weighted by molar-refractivity contribution is 7.89. The highest BCUT2D eigenvalue weighted by Crippen LogP contribution is 2.18. The van der Waals surface area contributed by atoms with E-state index < -0.39 is 10.0 Å². The average molecular weight is 313 g/mol. The standard InChI is InChI=1S/C14H23N3O3S/c1-3-8-16-14(18)7-9-17-21(19,20)12-6-5-11(4-2)13(15)10-12/h5-6,10,17H,3-4,7-9,15H2,1-2H3,(H,16,18). The molecule has 1 rings (SSSR count). The summed E-state index contributed by atoms with van der Waals surface area (Å²) < 4.78 is 26.6. The normalized spacial score (nSPS) is 11.3. The first-order chi connectivity index (χ1) is 9.90. The van der Waals surface area contributed by atoms with E-state index in [2.05, 4.69) is 10.0 Å². The molecule has 0 saturated heterocycles. The van der Waals surface area contributed by atoms with Gasteiger partial charge in [0.25, 0.3) is 0 Å². The number of carbonyl (C=O) groups is 1. The van der Waals surface area contributed by atoms with Crippen LogP contribution < -0.4 is 15.8 Å². The smallest absolute Gasteiger partial charge is 0.240 e. The van der Waals surface area contributed by atoms with Crippen molar-refractivity contribution in [1.29, 1.82) is 0 Å². The summed E-state index contributed by atoms with van der Waals surface area (Å²) in [5.41, 5.74) is 7.17. The van der Waals surface area contributed by atoms with Crippen LogP contribution in [0.2, 0.25) is 0 Å². The summed E-state index contributed by atoms with van der Waals surface area (Å²) in [7, 11) is -3.63. The number of hydrogen-bond donors (Lipinski definition) is 3. The lowest BCUT2D eigenvalue weighted by molar-refractivity contribution is -0.120. The van der Waals surface area contributed by atoms with Gasteiger partial charge >= 0.3 is 0 Å². The molecule has 0 spiro atoms. The fraction of sp³-hybridized carbons (Fsp3) is 0.500. The van der Waals surface area contributed by atoms with Gasteiger partial charge in [0.1, 0.15) is 0 Å². The molecule has 6 nitrogen and oxygen atoms in total. The molecule has 21 heavy (non-hydrogen) atoms. The zero-order valence-corrected chi connectivity index (χ0v) is 13.3. The summed E-state index contributed by atoms with van der Waals surface area (Å²) in [6, 6.07) is 4.67.